The molecule has 4 nitrogen and oxygen atoms in total. The molecule has 0 bridgehead atoms. The average Bonchev–Trinajstić information content (AvgIpc) is 2.92. The van der Waals surface area contributed by atoms with Crippen LogP contribution in [-0.2, 0) is 9.53 Å². The second-order valence-electron chi connectivity index (χ2n) is 3.60. The van der Waals surface area contributed by atoms with Crippen LogP contribution in [0.3, 0.4) is 0 Å². The first kappa shape index (κ1) is 13.6. The van der Waals surface area contributed by atoms with E-state index in [1.54, 1.807) is 24.2 Å². The van der Waals surface area contributed by atoms with Crippen molar-refractivity contribution >= 4 is 41.0 Å². The first-order chi connectivity index (χ1) is 9.20. The smallest absolute Gasteiger partial charge is 0.299 e. The lowest BCUT2D eigenvalue weighted by Gasteiger charge is -2.14. The minimum Gasteiger partial charge on any atom is -0.407 e. The molecule has 1 heterocycles. The SMILES string of the molecule is CN(/N=C(\OC=O)c1cccs1)c1ccc(Cl)cc1. The molecule has 0 fully saturated rings. The highest BCUT2D eigenvalue weighted by Gasteiger charge is 2.08. The number of rotatable bonds is 4. The Kier molecular flexibility index (Phi) is 4.54. The van der Waals surface area contributed by atoms with Crippen molar-refractivity contribution < 1.29 is 9.53 Å². The van der Waals surface area contributed by atoms with Gasteiger partial charge in [0.05, 0.1) is 10.6 Å². The molecule has 0 aliphatic carbocycles. The first-order valence-electron chi connectivity index (χ1n) is 5.43. The zero-order valence-corrected chi connectivity index (χ0v) is 11.7. The summed E-state index contributed by atoms with van der Waals surface area (Å²) < 4.78 is 4.91. The van der Waals surface area contributed by atoms with Crippen molar-refractivity contribution in [1.29, 1.82) is 0 Å². The molecule has 0 aliphatic rings. The molecule has 0 unspecified atom stereocenters. The molecule has 19 heavy (non-hydrogen) atoms. The molecule has 6 heteroatoms. The highest BCUT2D eigenvalue weighted by atomic mass is 35.5. The summed E-state index contributed by atoms with van der Waals surface area (Å²) in [6.45, 7) is 0.369. The predicted molar refractivity (Wildman–Crippen MR) is 77.9 cm³/mol. The number of hydrogen-bond donors (Lipinski definition) is 0. The summed E-state index contributed by atoms with van der Waals surface area (Å²) >= 11 is 7.28. The van der Waals surface area contributed by atoms with E-state index in [4.69, 9.17) is 16.3 Å². The molecule has 2 aromatic rings. The zero-order valence-electron chi connectivity index (χ0n) is 10.1. The summed E-state index contributed by atoms with van der Waals surface area (Å²) in [6.07, 6.45) is 0. The summed E-state index contributed by atoms with van der Waals surface area (Å²) in [7, 11) is 1.77. The fourth-order valence-electron chi connectivity index (χ4n) is 1.43. The number of thiophene rings is 1. The van der Waals surface area contributed by atoms with Gasteiger partial charge in [-0.3, -0.25) is 9.80 Å². The average molecular weight is 295 g/mol. The number of nitrogens with zero attached hydrogens (tertiary/aromatic N) is 2. The third kappa shape index (κ3) is 3.56. The Morgan fingerprint density at radius 1 is 1.37 bits per heavy atom. The van der Waals surface area contributed by atoms with E-state index in [1.165, 1.54) is 11.3 Å². The van der Waals surface area contributed by atoms with Gasteiger partial charge in [-0.15, -0.1) is 16.4 Å². The van der Waals surface area contributed by atoms with Crippen molar-refractivity contribution in [1.82, 2.24) is 0 Å². The van der Waals surface area contributed by atoms with Gasteiger partial charge in [0.1, 0.15) is 0 Å². The van der Waals surface area contributed by atoms with Gasteiger partial charge in [0.25, 0.3) is 12.4 Å². The number of ether oxygens (including phenoxy) is 1. The standard InChI is InChI=1S/C13H11ClN2O2S/c1-16(11-6-4-10(14)5-7-11)15-13(18-9-17)12-3-2-8-19-12/h2-9H,1H3/b15-13-. The Hall–Kier alpha value is -1.85. The Morgan fingerprint density at radius 3 is 2.68 bits per heavy atom. The molecule has 0 aliphatic heterocycles. The molecule has 0 radical (unpaired) electrons. The summed E-state index contributed by atoms with van der Waals surface area (Å²) in [5.41, 5.74) is 0.841. The van der Waals surface area contributed by atoms with Gasteiger partial charge in [-0.2, -0.15) is 0 Å². The van der Waals surface area contributed by atoms with Crippen LogP contribution in [0.4, 0.5) is 5.69 Å². The Morgan fingerprint density at radius 2 is 2.11 bits per heavy atom. The maximum absolute atomic E-state index is 10.5. The topological polar surface area (TPSA) is 41.9 Å². The van der Waals surface area contributed by atoms with E-state index in [-0.39, 0.29) is 5.90 Å². The number of carbonyl (C=O) groups is 1. The maximum Gasteiger partial charge on any atom is 0.299 e. The molecular formula is C13H11ClN2O2S. The van der Waals surface area contributed by atoms with Gasteiger partial charge >= 0.3 is 0 Å². The molecular weight excluding hydrogens is 284 g/mol. The molecule has 0 amide bonds. The molecule has 2 rings (SSSR count). The minimum absolute atomic E-state index is 0.266. The van der Waals surface area contributed by atoms with Crippen molar-refractivity contribution in [2.24, 2.45) is 5.10 Å². The van der Waals surface area contributed by atoms with Crippen LogP contribution < -0.4 is 5.01 Å². The first-order valence-corrected chi connectivity index (χ1v) is 6.68. The maximum atomic E-state index is 10.5. The van der Waals surface area contributed by atoms with Gasteiger partial charge in [0.15, 0.2) is 0 Å². The van der Waals surface area contributed by atoms with E-state index in [0.717, 1.165) is 10.6 Å². The quantitative estimate of drug-likeness (QED) is 0.376. The van der Waals surface area contributed by atoms with Crippen molar-refractivity contribution in [2.75, 3.05) is 12.1 Å². The number of anilines is 1. The van der Waals surface area contributed by atoms with E-state index >= 15 is 0 Å². The normalized spacial score (nSPS) is 11.2. The Balaban J connectivity index is 2.25. The Labute approximate surface area is 119 Å². The van der Waals surface area contributed by atoms with E-state index in [2.05, 4.69) is 5.10 Å². The summed E-state index contributed by atoms with van der Waals surface area (Å²) in [5, 5.41) is 8.44. The molecule has 0 saturated heterocycles. The number of benzene rings is 1. The van der Waals surface area contributed by atoms with Crippen molar-refractivity contribution in [3.8, 4) is 0 Å². The van der Waals surface area contributed by atoms with Crippen LogP contribution in [-0.4, -0.2) is 19.4 Å². The second kappa shape index (κ2) is 6.36. The second-order valence-corrected chi connectivity index (χ2v) is 4.98. The highest BCUT2D eigenvalue weighted by molar-refractivity contribution is 7.12. The van der Waals surface area contributed by atoms with Gasteiger partial charge < -0.3 is 4.74 Å². The molecule has 1 aromatic heterocycles. The monoisotopic (exact) mass is 294 g/mol. The van der Waals surface area contributed by atoms with Crippen LogP contribution in [0.2, 0.25) is 5.02 Å². The zero-order chi connectivity index (χ0) is 13.7. The lowest BCUT2D eigenvalue weighted by molar-refractivity contribution is -0.121. The van der Waals surface area contributed by atoms with Crippen LogP contribution >= 0.6 is 22.9 Å². The van der Waals surface area contributed by atoms with Crippen molar-refractivity contribution in [3.63, 3.8) is 0 Å². The summed E-state index contributed by atoms with van der Waals surface area (Å²) in [4.78, 5) is 11.3. The molecule has 0 atom stereocenters. The molecule has 0 N–H and O–H groups in total. The number of carbonyl (C=O) groups excluding carboxylic acids is 1. The third-order valence-corrected chi connectivity index (χ3v) is 3.44. The lowest BCUT2D eigenvalue weighted by atomic mass is 10.3. The summed E-state index contributed by atoms with van der Waals surface area (Å²) in [6, 6.07) is 10.9. The van der Waals surface area contributed by atoms with Crippen molar-refractivity contribution in [2.45, 2.75) is 0 Å². The predicted octanol–water partition coefficient (Wildman–Crippen LogP) is 3.37. The van der Waals surface area contributed by atoms with Gasteiger partial charge in [-0.05, 0) is 35.7 Å². The molecule has 0 spiro atoms. The van der Waals surface area contributed by atoms with Crippen LogP contribution in [0.25, 0.3) is 0 Å². The van der Waals surface area contributed by atoms with Crippen LogP contribution in [0.5, 0.6) is 0 Å². The number of hydrazone groups is 1. The lowest BCUT2D eigenvalue weighted by Crippen LogP contribution is -2.15. The minimum atomic E-state index is 0.266. The van der Waals surface area contributed by atoms with Crippen LogP contribution in [0.15, 0.2) is 46.9 Å². The van der Waals surface area contributed by atoms with Gasteiger partial charge in [-0.25, -0.2) is 0 Å². The van der Waals surface area contributed by atoms with Crippen molar-refractivity contribution in [3.05, 3.63) is 51.7 Å². The van der Waals surface area contributed by atoms with Gasteiger partial charge in [0.2, 0.25) is 0 Å². The van der Waals surface area contributed by atoms with Gasteiger partial charge in [-0.1, -0.05) is 17.7 Å². The van der Waals surface area contributed by atoms with Gasteiger partial charge in [0, 0.05) is 12.1 Å². The number of halogens is 1. The molecule has 0 saturated carbocycles. The van der Waals surface area contributed by atoms with E-state index in [9.17, 15) is 4.79 Å². The fraction of sp³-hybridized carbons (Fsp3) is 0.0769. The largest absolute Gasteiger partial charge is 0.407 e. The van der Waals surface area contributed by atoms with Crippen LogP contribution in [0, 0.1) is 0 Å². The Bertz CT molecular complexity index is 567. The fourth-order valence-corrected chi connectivity index (χ4v) is 2.20. The molecule has 98 valence electrons. The summed E-state index contributed by atoms with van der Waals surface area (Å²) in [5.74, 6) is 0.266. The highest BCUT2D eigenvalue weighted by Crippen LogP contribution is 2.18. The van der Waals surface area contributed by atoms with E-state index < -0.39 is 0 Å². The third-order valence-electron chi connectivity index (χ3n) is 2.33. The van der Waals surface area contributed by atoms with Crippen LogP contribution in [0.1, 0.15) is 4.88 Å². The number of hydrogen-bond acceptors (Lipinski definition) is 5. The van der Waals surface area contributed by atoms with E-state index in [1.807, 2.05) is 29.6 Å². The van der Waals surface area contributed by atoms with E-state index in [0.29, 0.717) is 11.5 Å². The molecule has 1 aromatic carbocycles.